The van der Waals surface area contributed by atoms with Crippen molar-refractivity contribution in [1.82, 2.24) is 10.3 Å². The minimum Gasteiger partial charge on any atom is -0.352 e. The molecule has 1 heterocycles. The number of hydrogen-bond acceptors (Lipinski definition) is 4. The molecule has 0 fully saturated rings. The second kappa shape index (κ2) is 7.04. The number of carbonyl (C=O) groups excluding carboxylic acids is 1. The molecule has 4 N–H and O–H groups in total. The minimum atomic E-state index is -4.21. The lowest BCUT2D eigenvalue weighted by atomic mass is 10.2. The van der Waals surface area contributed by atoms with Crippen LogP contribution in [0.1, 0.15) is 29.6 Å². The van der Waals surface area contributed by atoms with Crippen molar-refractivity contribution in [3.63, 3.8) is 0 Å². The first-order valence-electron chi connectivity index (χ1n) is 5.81. The van der Waals surface area contributed by atoms with E-state index in [0.717, 1.165) is 6.07 Å². The number of unbranched alkanes of at least 4 members (excludes halogenated alkanes) is 1. The van der Waals surface area contributed by atoms with Gasteiger partial charge in [0.2, 0.25) is 0 Å². The van der Waals surface area contributed by atoms with Gasteiger partial charge in [-0.1, -0.05) is 0 Å². The summed E-state index contributed by atoms with van der Waals surface area (Å²) in [6.45, 7) is 0.0298. The van der Waals surface area contributed by atoms with Gasteiger partial charge in [0, 0.05) is 19.2 Å². The number of anilines is 1. The molecule has 9 heteroatoms. The van der Waals surface area contributed by atoms with Crippen molar-refractivity contribution in [2.75, 3.05) is 12.0 Å². The van der Waals surface area contributed by atoms with Gasteiger partial charge in [-0.25, -0.2) is 15.2 Å². The molecule has 0 saturated heterocycles. The van der Waals surface area contributed by atoms with Gasteiger partial charge in [0.05, 0.1) is 5.56 Å². The van der Waals surface area contributed by atoms with Crippen LogP contribution in [0.5, 0.6) is 0 Å². The van der Waals surface area contributed by atoms with E-state index in [4.69, 9.17) is 5.84 Å². The van der Waals surface area contributed by atoms with Gasteiger partial charge in [-0.3, -0.25) is 4.79 Å². The number of amides is 1. The van der Waals surface area contributed by atoms with Crippen LogP contribution in [-0.2, 0) is 0 Å². The van der Waals surface area contributed by atoms with Crippen LogP contribution < -0.4 is 16.6 Å². The van der Waals surface area contributed by atoms with Crippen LogP contribution in [0.4, 0.5) is 23.4 Å². The zero-order valence-electron chi connectivity index (χ0n) is 10.4. The van der Waals surface area contributed by atoms with Crippen molar-refractivity contribution in [2.45, 2.75) is 25.4 Å². The van der Waals surface area contributed by atoms with E-state index in [9.17, 15) is 22.4 Å². The molecule has 112 valence electrons. The molecule has 20 heavy (non-hydrogen) atoms. The molecular formula is C11H14F4N4O. The summed E-state index contributed by atoms with van der Waals surface area (Å²) in [6, 6.07) is 1.15. The Hall–Kier alpha value is -1.90. The number of hydrazine groups is 1. The van der Waals surface area contributed by atoms with E-state index in [2.05, 4.69) is 10.3 Å². The minimum absolute atomic E-state index is 0.0298. The van der Waals surface area contributed by atoms with E-state index < -0.39 is 24.3 Å². The number of rotatable bonds is 6. The lowest BCUT2D eigenvalue weighted by Gasteiger charge is -2.09. The summed E-state index contributed by atoms with van der Waals surface area (Å²) in [5, 5.41) is 2.33. The van der Waals surface area contributed by atoms with E-state index in [1.165, 1.54) is 6.20 Å². The summed E-state index contributed by atoms with van der Waals surface area (Å²) >= 11 is 0. The summed E-state index contributed by atoms with van der Waals surface area (Å²) in [7, 11) is 0. The largest absolute Gasteiger partial charge is 0.389 e. The Kier molecular flexibility index (Phi) is 5.68. The lowest BCUT2D eigenvalue weighted by molar-refractivity contribution is -0.135. The highest BCUT2D eigenvalue weighted by Gasteiger charge is 2.25. The molecule has 0 aliphatic heterocycles. The van der Waals surface area contributed by atoms with Crippen molar-refractivity contribution in [3.05, 3.63) is 23.6 Å². The standard InChI is InChI=1S/C11H14F4N4O/c12-8-7(3-6-17-9(8)19-16)10(20)18-5-2-1-4-11(13,14)15/h3,6H,1-2,4-5,16H2,(H,17,19)(H,18,20). The molecule has 0 aliphatic rings. The molecule has 1 amide bonds. The molecule has 1 aromatic rings. The van der Waals surface area contributed by atoms with Crippen molar-refractivity contribution >= 4 is 11.7 Å². The average molecular weight is 294 g/mol. The fraction of sp³-hybridized carbons (Fsp3) is 0.455. The molecule has 0 aromatic carbocycles. The smallest absolute Gasteiger partial charge is 0.352 e. The fourth-order valence-corrected chi connectivity index (χ4v) is 1.47. The molecule has 1 aromatic heterocycles. The van der Waals surface area contributed by atoms with Crippen LogP contribution in [-0.4, -0.2) is 23.6 Å². The van der Waals surface area contributed by atoms with Gasteiger partial charge in [-0.15, -0.1) is 0 Å². The predicted molar refractivity (Wildman–Crippen MR) is 64.2 cm³/mol. The highest BCUT2D eigenvalue weighted by atomic mass is 19.4. The zero-order valence-corrected chi connectivity index (χ0v) is 10.4. The maximum absolute atomic E-state index is 13.6. The quantitative estimate of drug-likeness (QED) is 0.324. The molecule has 0 saturated carbocycles. The number of halogens is 4. The van der Waals surface area contributed by atoms with Crippen molar-refractivity contribution < 1.29 is 22.4 Å². The van der Waals surface area contributed by atoms with Crippen LogP contribution in [0.3, 0.4) is 0 Å². The van der Waals surface area contributed by atoms with Gasteiger partial charge in [0.15, 0.2) is 11.6 Å². The monoisotopic (exact) mass is 294 g/mol. The Bertz CT molecular complexity index is 464. The Morgan fingerprint density at radius 3 is 2.65 bits per heavy atom. The second-order valence-corrected chi connectivity index (χ2v) is 3.99. The predicted octanol–water partition coefficient (Wildman–Crippen LogP) is 1.97. The Morgan fingerprint density at radius 2 is 2.05 bits per heavy atom. The van der Waals surface area contributed by atoms with Crippen molar-refractivity contribution in [2.24, 2.45) is 5.84 Å². The molecule has 0 spiro atoms. The van der Waals surface area contributed by atoms with Crippen LogP contribution in [0.2, 0.25) is 0 Å². The maximum Gasteiger partial charge on any atom is 0.389 e. The summed E-state index contributed by atoms with van der Waals surface area (Å²) in [6.07, 6.45) is -3.87. The highest BCUT2D eigenvalue weighted by molar-refractivity contribution is 5.95. The van der Waals surface area contributed by atoms with Gasteiger partial charge in [-0.05, 0) is 18.9 Å². The summed E-state index contributed by atoms with van der Waals surface area (Å²) in [5.41, 5.74) is 1.72. The number of alkyl halides is 3. The molecular weight excluding hydrogens is 280 g/mol. The van der Waals surface area contributed by atoms with E-state index >= 15 is 0 Å². The zero-order chi connectivity index (χ0) is 15.2. The first-order chi connectivity index (χ1) is 9.35. The molecule has 0 unspecified atom stereocenters. The molecule has 0 bridgehead atoms. The van der Waals surface area contributed by atoms with Gasteiger partial charge in [0.25, 0.3) is 5.91 Å². The van der Waals surface area contributed by atoms with E-state index in [0.29, 0.717) is 0 Å². The van der Waals surface area contributed by atoms with Crippen molar-refractivity contribution in [1.29, 1.82) is 0 Å². The molecule has 1 rings (SSSR count). The number of nitrogens with one attached hydrogen (secondary N) is 2. The number of carbonyl (C=O) groups is 1. The van der Waals surface area contributed by atoms with E-state index in [1.54, 1.807) is 0 Å². The lowest BCUT2D eigenvalue weighted by Crippen LogP contribution is -2.26. The third-order valence-electron chi connectivity index (χ3n) is 2.44. The van der Waals surface area contributed by atoms with Crippen LogP contribution in [0, 0.1) is 5.82 Å². The Morgan fingerprint density at radius 1 is 1.35 bits per heavy atom. The molecule has 0 atom stereocenters. The number of aromatic nitrogens is 1. The van der Waals surface area contributed by atoms with Crippen LogP contribution >= 0.6 is 0 Å². The SMILES string of the molecule is NNc1nccc(C(=O)NCCCCC(F)(F)F)c1F. The van der Waals surface area contributed by atoms with Crippen LogP contribution in [0.25, 0.3) is 0 Å². The van der Waals surface area contributed by atoms with Gasteiger partial charge in [0.1, 0.15) is 0 Å². The third-order valence-corrected chi connectivity index (χ3v) is 2.44. The number of pyridine rings is 1. The average Bonchev–Trinajstić information content (AvgIpc) is 2.37. The normalized spacial score (nSPS) is 11.2. The van der Waals surface area contributed by atoms with Gasteiger partial charge >= 0.3 is 6.18 Å². The Balaban J connectivity index is 2.44. The first-order valence-corrected chi connectivity index (χ1v) is 5.81. The molecule has 0 radical (unpaired) electrons. The number of nitrogens with two attached hydrogens (primary N) is 1. The number of nitrogen functional groups attached to an aromatic ring is 1. The maximum atomic E-state index is 13.6. The molecule has 5 nitrogen and oxygen atoms in total. The van der Waals surface area contributed by atoms with E-state index in [1.807, 2.05) is 5.43 Å². The first kappa shape index (κ1) is 16.2. The van der Waals surface area contributed by atoms with Crippen LogP contribution in [0.15, 0.2) is 12.3 Å². The summed E-state index contributed by atoms with van der Waals surface area (Å²) in [5.74, 6) is 3.08. The Labute approximate surface area is 112 Å². The summed E-state index contributed by atoms with van der Waals surface area (Å²) < 4.78 is 49.3. The van der Waals surface area contributed by atoms with Gasteiger partial charge < -0.3 is 10.7 Å². The molecule has 0 aliphatic carbocycles. The number of nitrogens with zero attached hydrogens (tertiary/aromatic N) is 1. The highest BCUT2D eigenvalue weighted by Crippen LogP contribution is 2.21. The van der Waals surface area contributed by atoms with E-state index in [-0.39, 0.29) is 30.8 Å². The van der Waals surface area contributed by atoms with Gasteiger partial charge in [-0.2, -0.15) is 13.2 Å². The second-order valence-electron chi connectivity index (χ2n) is 3.99. The third kappa shape index (κ3) is 5.00. The fourth-order valence-electron chi connectivity index (χ4n) is 1.47. The number of hydrogen-bond donors (Lipinski definition) is 3. The summed E-state index contributed by atoms with van der Waals surface area (Å²) in [4.78, 5) is 15.2. The van der Waals surface area contributed by atoms with Crippen molar-refractivity contribution in [3.8, 4) is 0 Å². The topological polar surface area (TPSA) is 80.0 Å².